The summed E-state index contributed by atoms with van der Waals surface area (Å²) < 4.78 is 15.4. The standard InChI is InChI=1S/C22H17FN2O2/c23-18-11-9-17(10-12-18)21(15-25(26)27)22-20(16-6-2-1-3-7-16)14-19-8-4-5-13-24(19)22/h1-14,21H,15H2/t21-/m1/s1. The van der Waals surface area contributed by atoms with Crippen LogP contribution in [0.3, 0.4) is 0 Å². The topological polar surface area (TPSA) is 47.5 Å². The van der Waals surface area contributed by atoms with Crippen LogP contribution in [0.2, 0.25) is 0 Å². The number of halogens is 1. The van der Waals surface area contributed by atoms with Crippen LogP contribution >= 0.6 is 0 Å². The molecule has 0 aliphatic carbocycles. The lowest BCUT2D eigenvalue weighted by Gasteiger charge is -2.17. The van der Waals surface area contributed by atoms with Crippen molar-refractivity contribution in [1.29, 1.82) is 0 Å². The molecule has 0 aliphatic heterocycles. The van der Waals surface area contributed by atoms with E-state index in [1.54, 1.807) is 12.1 Å². The predicted octanol–water partition coefficient (Wildman–Crippen LogP) is 5.15. The van der Waals surface area contributed by atoms with Gasteiger partial charge in [0, 0.05) is 27.9 Å². The van der Waals surface area contributed by atoms with E-state index < -0.39 is 5.92 Å². The Balaban J connectivity index is 1.98. The SMILES string of the molecule is O=[N+]([O-])C[C@H](c1ccc(F)cc1)c1c(-c2ccccc2)cc2ccccn12. The average Bonchev–Trinajstić information content (AvgIpc) is 3.07. The number of fused-ring (bicyclic) bond motifs is 1. The Morgan fingerprint density at radius 1 is 0.963 bits per heavy atom. The van der Waals surface area contributed by atoms with Crippen molar-refractivity contribution in [1.82, 2.24) is 4.40 Å². The molecule has 0 fully saturated rings. The lowest BCUT2D eigenvalue weighted by atomic mass is 9.91. The van der Waals surface area contributed by atoms with E-state index in [0.29, 0.717) is 5.56 Å². The first-order valence-electron chi connectivity index (χ1n) is 8.66. The average molecular weight is 360 g/mol. The molecule has 0 N–H and O–H groups in total. The summed E-state index contributed by atoms with van der Waals surface area (Å²) in [6.45, 7) is -0.271. The summed E-state index contributed by atoms with van der Waals surface area (Å²) in [6.07, 6.45) is 1.91. The van der Waals surface area contributed by atoms with Gasteiger partial charge in [0.25, 0.3) is 0 Å². The van der Waals surface area contributed by atoms with Crippen LogP contribution in [-0.4, -0.2) is 15.9 Å². The molecule has 2 heterocycles. The Labute approximate surface area is 155 Å². The van der Waals surface area contributed by atoms with Crippen molar-refractivity contribution >= 4 is 5.52 Å². The molecule has 4 aromatic rings. The van der Waals surface area contributed by atoms with Crippen molar-refractivity contribution in [3.8, 4) is 11.1 Å². The van der Waals surface area contributed by atoms with Gasteiger partial charge < -0.3 is 4.40 Å². The van der Waals surface area contributed by atoms with Crippen molar-refractivity contribution < 1.29 is 9.31 Å². The highest BCUT2D eigenvalue weighted by Gasteiger charge is 2.27. The lowest BCUT2D eigenvalue weighted by Crippen LogP contribution is -2.16. The van der Waals surface area contributed by atoms with E-state index in [1.165, 1.54) is 12.1 Å². The van der Waals surface area contributed by atoms with Gasteiger partial charge >= 0.3 is 0 Å². The molecule has 0 spiro atoms. The summed E-state index contributed by atoms with van der Waals surface area (Å²) in [4.78, 5) is 11.1. The molecule has 0 amide bonds. The molecule has 5 heteroatoms. The highest BCUT2D eigenvalue weighted by atomic mass is 19.1. The highest BCUT2D eigenvalue weighted by molar-refractivity contribution is 5.75. The van der Waals surface area contributed by atoms with Crippen molar-refractivity contribution in [3.63, 3.8) is 0 Å². The first-order chi connectivity index (χ1) is 13.1. The third kappa shape index (κ3) is 3.31. The molecule has 0 bridgehead atoms. The Morgan fingerprint density at radius 3 is 2.37 bits per heavy atom. The Kier molecular flexibility index (Phi) is 4.42. The van der Waals surface area contributed by atoms with Crippen LogP contribution in [0.1, 0.15) is 17.2 Å². The molecule has 0 unspecified atom stereocenters. The van der Waals surface area contributed by atoms with E-state index >= 15 is 0 Å². The van der Waals surface area contributed by atoms with Crippen LogP contribution in [0.25, 0.3) is 16.6 Å². The first kappa shape index (κ1) is 17.0. The number of pyridine rings is 1. The molecular weight excluding hydrogens is 343 g/mol. The zero-order valence-corrected chi connectivity index (χ0v) is 14.5. The fourth-order valence-electron chi connectivity index (χ4n) is 3.54. The minimum Gasteiger partial charge on any atom is -0.319 e. The number of benzene rings is 2. The molecule has 1 atom stereocenters. The summed E-state index contributed by atoms with van der Waals surface area (Å²) in [5.74, 6) is -0.859. The van der Waals surface area contributed by atoms with Gasteiger partial charge in [-0.2, -0.15) is 0 Å². The monoisotopic (exact) mass is 360 g/mol. The quantitative estimate of drug-likeness (QED) is 0.365. The van der Waals surface area contributed by atoms with Gasteiger partial charge in [0.1, 0.15) is 5.82 Å². The third-order valence-corrected chi connectivity index (χ3v) is 4.74. The molecule has 4 nitrogen and oxygen atoms in total. The van der Waals surface area contributed by atoms with Crippen LogP contribution in [-0.2, 0) is 0 Å². The molecule has 2 aromatic carbocycles. The van der Waals surface area contributed by atoms with Crippen LogP contribution in [0.15, 0.2) is 85.1 Å². The van der Waals surface area contributed by atoms with Crippen LogP contribution in [0.4, 0.5) is 4.39 Å². The van der Waals surface area contributed by atoms with Crippen molar-refractivity contribution in [2.24, 2.45) is 0 Å². The summed E-state index contributed by atoms with van der Waals surface area (Å²) in [7, 11) is 0. The van der Waals surface area contributed by atoms with Gasteiger partial charge in [-0.3, -0.25) is 10.1 Å². The van der Waals surface area contributed by atoms with E-state index in [-0.39, 0.29) is 17.3 Å². The minimum atomic E-state index is -0.499. The second-order valence-electron chi connectivity index (χ2n) is 6.42. The maximum atomic E-state index is 13.4. The van der Waals surface area contributed by atoms with E-state index in [0.717, 1.165) is 22.3 Å². The van der Waals surface area contributed by atoms with Crippen molar-refractivity contribution in [3.05, 3.63) is 112 Å². The number of rotatable bonds is 5. The van der Waals surface area contributed by atoms with Crippen molar-refractivity contribution in [2.45, 2.75) is 5.92 Å². The molecule has 0 aliphatic rings. The number of hydrogen-bond acceptors (Lipinski definition) is 2. The molecule has 0 radical (unpaired) electrons. The number of nitrogens with zero attached hydrogens (tertiary/aromatic N) is 2. The van der Waals surface area contributed by atoms with Gasteiger partial charge in [-0.05, 0) is 41.5 Å². The van der Waals surface area contributed by atoms with Crippen LogP contribution < -0.4 is 0 Å². The third-order valence-electron chi connectivity index (χ3n) is 4.74. The Bertz CT molecular complexity index is 1090. The van der Waals surface area contributed by atoms with E-state index in [1.807, 2.05) is 65.2 Å². The highest BCUT2D eigenvalue weighted by Crippen LogP contribution is 2.36. The summed E-state index contributed by atoms with van der Waals surface area (Å²) in [5, 5.41) is 11.5. The fourth-order valence-corrected chi connectivity index (χ4v) is 3.54. The molecule has 4 rings (SSSR count). The molecular formula is C22H17FN2O2. The van der Waals surface area contributed by atoms with Gasteiger partial charge in [-0.1, -0.05) is 48.5 Å². The fraction of sp³-hybridized carbons (Fsp3) is 0.0909. The lowest BCUT2D eigenvalue weighted by molar-refractivity contribution is -0.481. The van der Waals surface area contributed by atoms with E-state index in [9.17, 15) is 14.5 Å². The second kappa shape index (κ2) is 7.03. The van der Waals surface area contributed by atoms with Crippen molar-refractivity contribution in [2.75, 3.05) is 6.54 Å². The van der Waals surface area contributed by atoms with Gasteiger partial charge in [0.15, 0.2) is 0 Å². The summed E-state index contributed by atoms with van der Waals surface area (Å²) in [6, 6.07) is 23.6. The number of nitro groups is 1. The number of hydrogen-bond donors (Lipinski definition) is 0. The predicted molar refractivity (Wildman–Crippen MR) is 103 cm³/mol. The Morgan fingerprint density at radius 2 is 1.67 bits per heavy atom. The molecule has 0 saturated heterocycles. The molecule has 0 saturated carbocycles. The summed E-state index contributed by atoms with van der Waals surface area (Å²) >= 11 is 0. The zero-order valence-electron chi connectivity index (χ0n) is 14.5. The minimum absolute atomic E-state index is 0.271. The van der Waals surface area contributed by atoms with E-state index in [2.05, 4.69) is 0 Å². The molecule has 27 heavy (non-hydrogen) atoms. The van der Waals surface area contributed by atoms with Gasteiger partial charge in [-0.25, -0.2) is 4.39 Å². The van der Waals surface area contributed by atoms with Gasteiger partial charge in [0.2, 0.25) is 6.54 Å². The second-order valence-corrected chi connectivity index (χ2v) is 6.42. The number of aromatic nitrogens is 1. The normalized spacial score (nSPS) is 12.2. The maximum absolute atomic E-state index is 13.4. The Hall–Kier alpha value is -3.47. The smallest absolute Gasteiger partial charge is 0.216 e. The maximum Gasteiger partial charge on any atom is 0.216 e. The molecule has 2 aromatic heterocycles. The van der Waals surface area contributed by atoms with Gasteiger partial charge in [0.05, 0.1) is 5.92 Å². The first-order valence-corrected chi connectivity index (χ1v) is 8.66. The molecule has 134 valence electrons. The van der Waals surface area contributed by atoms with Gasteiger partial charge in [-0.15, -0.1) is 0 Å². The zero-order chi connectivity index (χ0) is 18.8. The summed E-state index contributed by atoms with van der Waals surface area (Å²) in [5.41, 5.74) is 4.45. The van der Waals surface area contributed by atoms with E-state index in [4.69, 9.17) is 0 Å². The van der Waals surface area contributed by atoms with Crippen LogP contribution in [0, 0.1) is 15.9 Å². The van der Waals surface area contributed by atoms with Crippen LogP contribution in [0.5, 0.6) is 0 Å². The largest absolute Gasteiger partial charge is 0.319 e.